The third-order valence-electron chi connectivity index (χ3n) is 3.23. The predicted molar refractivity (Wildman–Crippen MR) is 71.4 cm³/mol. The Morgan fingerprint density at radius 3 is 2.56 bits per heavy atom. The molecule has 0 amide bonds. The highest BCUT2D eigenvalue weighted by Gasteiger charge is 2.15. The van der Waals surface area contributed by atoms with E-state index in [1.165, 1.54) is 28.9 Å². The van der Waals surface area contributed by atoms with E-state index >= 15 is 0 Å². The first kappa shape index (κ1) is 12.6. The van der Waals surface area contributed by atoms with Gasteiger partial charge < -0.3 is 4.57 Å². The van der Waals surface area contributed by atoms with Crippen LogP contribution >= 0.6 is 0 Å². The van der Waals surface area contributed by atoms with E-state index < -0.39 is 0 Å². The van der Waals surface area contributed by atoms with Crippen LogP contribution in [0.15, 0.2) is 6.58 Å². The molecule has 1 nitrogen and oxygen atoms in total. The normalized spacial score (nSPS) is 10.2. The molecule has 1 aromatic rings. The number of hydrogen-bond acceptors (Lipinski definition) is 0. The maximum Gasteiger partial charge on any atom is 0.0338 e. The van der Waals surface area contributed by atoms with Gasteiger partial charge in [0.2, 0.25) is 0 Å². The van der Waals surface area contributed by atoms with E-state index in [2.05, 4.69) is 44.9 Å². The Hall–Kier alpha value is -1.42. The summed E-state index contributed by atoms with van der Waals surface area (Å²) < 4.78 is 2.27. The van der Waals surface area contributed by atoms with Crippen LogP contribution in [0.1, 0.15) is 42.3 Å². The summed E-state index contributed by atoms with van der Waals surface area (Å²) in [6.07, 6.45) is 8.27. The molecule has 1 heterocycles. The van der Waals surface area contributed by atoms with Gasteiger partial charge in [0.25, 0.3) is 0 Å². The summed E-state index contributed by atoms with van der Waals surface area (Å²) in [7, 11) is 2.12. The lowest BCUT2D eigenvalue weighted by molar-refractivity contribution is 0.763. The largest absolute Gasteiger partial charge is 0.351 e. The highest BCUT2D eigenvalue weighted by molar-refractivity contribution is 5.71. The van der Waals surface area contributed by atoms with Crippen LogP contribution in [0.4, 0.5) is 0 Å². The minimum Gasteiger partial charge on any atom is -0.351 e. The van der Waals surface area contributed by atoms with Crippen LogP contribution in [0.3, 0.4) is 0 Å². The van der Waals surface area contributed by atoms with Crippen LogP contribution < -0.4 is 0 Å². The molecule has 0 bridgehead atoms. The molecule has 0 spiro atoms. The Bertz CT molecular complexity index is 441. The molecule has 1 aromatic heterocycles. The molecule has 0 aliphatic heterocycles. The van der Waals surface area contributed by atoms with Crippen LogP contribution in [0.25, 0.3) is 5.57 Å². The first-order chi connectivity index (χ1) is 7.54. The second-order valence-electron chi connectivity index (χ2n) is 4.33. The van der Waals surface area contributed by atoms with E-state index in [1.54, 1.807) is 0 Å². The van der Waals surface area contributed by atoms with Crippen molar-refractivity contribution in [1.82, 2.24) is 4.57 Å². The number of hydrogen-bond donors (Lipinski definition) is 0. The fourth-order valence-corrected chi connectivity index (χ4v) is 2.36. The average Bonchev–Trinajstić information content (AvgIpc) is 2.44. The Morgan fingerprint density at radius 1 is 1.44 bits per heavy atom. The Balaban J connectivity index is 3.26. The SMILES string of the molecule is C#CCC(=C)c1c(C)c(CCC)n(C)c1C. The van der Waals surface area contributed by atoms with Gasteiger partial charge in [0.15, 0.2) is 0 Å². The molecule has 0 N–H and O–H groups in total. The van der Waals surface area contributed by atoms with E-state index in [0.29, 0.717) is 6.42 Å². The van der Waals surface area contributed by atoms with E-state index in [9.17, 15) is 0 Å². The summed E-state index contributed by atoms with van der Waals surface area (Å²) in [5.41, 5.74) is 6.37. The second kappa shape index (κ2) is 5.07. The summed E-state index contributed by atoms with van der Waals surface area (Å²) in [5.74, 6) is 2.67. The Kier molecular flexibility index (Phi) is 4.01. The highest BCUT2D eigenvalue weighted by Crippen LogP contribution is 2.29. The van der Waals surface area contributed by atoms with Gasteiger partial charge in [-0.3, -0.25) is 0 Å². The molecule has 1 rings (SSSR count). The van der Waals surface area contributed by atoms with Crippen LogP contribution in [0, 0.1) is 26.2 Å². The molecule has 0 aliphatic rings. The molecule has 0 unspecified atom stereocenters. The lowest BCUT2D eigenvalue weighted by Gasteiger charge is -2.04. The smallest absolute Gasteiger partial charge is 0.0338 e. The molecule has 86 valence electrons. The fourth-order valence-electron chi connectivity index (χ4n) is 2.36. The molecular weight excluding hydrogens is 194 g/mol. The Labute approximate surface area is 99.2 Å². The van der Waals surface area contributed by atoms with Crippen molar-refractivity contribution in [2.75, 3.05) is 0 Å². The zero-order valence-electron chi connectivity index (χ0n) is 10.9. The summed E-state index contributed by atoms with van der Waals surface area (Å²) in [6, 6.07) is 0. The lowest BCUT2D eigenvalue weighted by atomic mass is 9.99. The van der Waals surface area contributed by atoms with Gasteiger partial charge in [-0.15, -0.1) is 12.3 Å². The van der Waals surface area contributed by atoms with Gasteiger partial charge in [0.05, 0.1) is 0 Å². The molecule has 1 heteroatoms. The predicted octanol–water partition coefficient (Wildman–Crippen LogP) is 3.63. The molecule has 0 saturated carbocycles. The maximum atomic E-state index is 5.35. The molecule has 0 saturated heterocycles. The topological polar surface area (TPSA) is 4.93 Å². The van der Waals surface area contributed by atoms with Crippen molar-refractivity contribution in [3.8, 4) is 12.3 Å². The third-order valence-corrected chi connectivity index (χ3v) is 3.23. The first-order valence-corrected chi connectivity index (χ1v) is 5.80. The molecule has 0 atom stereocenters. The van der Waals surface area contributed by atoms with Crippen molar-refractivity contribution in [2.45, 2.75) is 40.0 Å². The number of aromatic nitrogens is 1. The van der Waals surface area contributed by atoms with Crippen molar-refractivity contribution in [2.24, 2.45) is 7.05 Å². The zero-order chi connectivity index (χ0) is 12.3. The molecule has 0 aromatic carbocycles. The van der Waals surface area contributed by atoms with Crippen LogP contribution in [-0.4, -0.2) is 4.57 Å². The number of allylic oxidation sites excluding steroid dienone is 1. The van der Waals surface area contributed by atoms with Gasteiger partial charge in [0.1, 0.15) is 0 Å². The number of terminal acetylenes is 1. The minimum atomic E-state index is 0.636. The van der Waals surface area contributed by atoms with E-state index in [4.69, 9.17) is 6.42 Å². The summed E-state index contributed by atoms with van der Waals surface area (Å²) >= 11 is 0. The molecule has 0 fully saturated rings. The van der Waals surface area contributed by atoms with Crippen LogP contribution in [0.5, 0.6) is 0 Å². The Morgan fingerprint density at radius 2 is 2.06 bits per heavy atom. The third kappa shape index (κ3) is 2.07. The second-order valence-corrected chi connectivity index (χ2v) is 4.33. The van der Waals surface area contributed by atoms with Crippen LogP contribution in [0.2, 0.25) is 0 Å². The molecule has 0 aliphatic carbocycles. The van der Waals surface area contributed by atoms with Gasteiger partial charge in [0, 0.05) is 30.4 Å². The first-order valence-electron chi connectivity index (χ1n) is 5.80. The van der Waals surface area contributed by atoms with Crippen molar-refractivity contribution in [3.63, 3.8) is 0 Å². The fraction of sp³-hybridized carbons (Fsp3) is 0.467. The summed E-state index contributed by atoms with van der Waals surface area (Å²) in [6.45, 7) is 10.6. The standard InChI is InChI=1S/C15H21N/c1-7-9-11(3)15-12(4)14(10-8-2)16(6)13(15)5/h1H,3,8-10H2,2,4-6H3. The quantitative estimate of drug-likeness (QED) is 0.676. The van der Waals surface area contributed by atoms with Crippen molar-refractivity contribution in [1.29, 1.82) is 0 Å². The van der Waals surface area contributed by atoms with Crippen LogP contribution in [-0.2, 0) is 13.5 Å². The number of rotatable bonds is 4. The number of nitrogens with zero attached hydrogens (tertiary/aromatic N) is 1. The van der Waals surface area contributed by atoms with E-state index in [1.807, 2.05) is 0 Å². The minimum absolute atomic E-state index is 0.636. The zero-order valence-corrected chi connectivity index (χ0v) is 10.9. The van der Waals surface area contributed by atoms with E-state index in [0.717, 1.165) is 12.0 Å². The van der Waals surface area contributed by atoms with E-state index in [-0.39, 0.29) is 0 Å². The summed E-state index contributed by atoms with van der Waals surface area (Å²) in [4.78, 5) is 0. The van der Waals surface area contributed by atoms with Crippen molar-refractivity contribution in [3.05, 3.63) is 29.1 Å². The lowest BCUT2D eigenvalue weighted by Crippen LogP contribution is -1.98. The van der Waals surface area contributed by atoms with Gasteiger partial charge in [-0.05, 0) is 31.4 Å². The molecule has 16 heavy (non-hydrogen) atoms. The maximum absolute atomic E-state index is 5.35. The molecule has 0 radical (unpaired) electrons. The summed E-state index contributed by atoms with van der Waals surface area (Å²) in [5, 5.41) is 0. The van der Waals surface area contributed by atoms with Gasteiger partial charge in [-0.1, -0.05) is 19.9 Å². The van der Waals surface area contributed by atoms with Crippen molar-refractivity contribution < 1.29 is 0 Å². The average molecular weight is 215 g/mol. The van der Waals surface area contributed by atoms with Gasteiger partial charge >= 0.3 is 0 Å². The monoisotopic (exact) mass is 215 g/mol. The van der Waals surface area contributed by atoms with Crippen molar-refractivity contribution >= 4 is 5.57 Å². The molecular formula is C15H21N. The van der Waals surface area contributed by atoms with Gasteiger partial charge in [-0.25, -0.2) is 0 Å². The van der Waals surface area contributed by atoms with Gasteiger partial charge in [-0.2, -0.15) is 0 Å². The highest BCUT2D eigenvalue weighted by atomic mass is 15.0.